The first-order valence-electron chi connectivity index (χ1n) is 6.32. The van der Waals surface area contributed by atoms with Gasteiger partial charge < -0.3 is 15.5 Å². The van der Waals surface area contributed by atoms with E-state index in [4.69, 9.17) is 10.1 Å². The molecule has 102 valence electrons. The molecule has 6 heteroatoms. The van der Waals surface area contributed by atoms with Gasteiger partial charge in [0, 0.05) is 32.5 Å². The van der Waals surface area contributed by atoms with Gasteiger partial charge in [-0.15, -0.1) is 0 Å². The summed E-state index contributed by atoms with van der Waals surface area (Å²) in [5.74, 6) is -0.331. The summed E-state index contributed by atoms with van der Waals surface area (Å²) in [5, 5.41) is 10.1. The van der Waals surface area contributed by atoms with Gasteiger partial charge in [0.2, 0.25) is 0 Å². The average Bonchev–Trinajstić information content (AvgIpc) is 2.42. The highest BCUT2D eigenvalue weighted by Crippen LogP contribution is 2.20. The van der Waals surface area contributed by atoms with E-state index in [-0.39, 0.29) is 29.6 Å². The van der Waals surface area contributed by atoms with Gasteiger partial charge >= 0.3 is 0 Å². The molecular weight excluding hydrogens is 246 g/mol. The number of carbonyl (C=O) groups is 2. The van der Waals surface area contributed by atoms with Crippen LogP contribution in [0.3, 0.4) is 0 Å². The predicted molar refractivity (Wildman–Crippen MR) is 70.5 cm³/mol. The topological polar surface area (TPSA) is 91.6 Å². The Bertz CT molecular complexity index is 468. The average molecular weight is 263 g/mol. The molecule has 1 aliphatic heterocycles. The summed E-state index contributed by atoms with van der Waals surface area (Å²) in [4.78, 5) is 26.7. The maximum atomic E-state index is 11.5. The highest BCUT2D eigenvalue weighted by Gasteiger charge is 2.26. The summed E-state index contributed by atoms with van der Waals surface area (Å²) in [7, 11) is 1.55. The van der Waals surface area contributed by atoms with Crippen molar-refractivity contribution in [3.05, 3.63) is 11.8 Å². The molecule has 2 rings (SSSR count). The second-order valence-electron chi connectivity index (χ2n) is 4.62. The molecule has 6 nitrogen and oxygen atoms in total. The summed E-state index contributed by atoms with van der Waals surface area (Å²) < 4.78 is 5.84. The van der Waals surface area contributed by atoms with E-state index in [1.165, 1.54) is 0 Å². The standard InChI is InChI=1S/C13H17N3O3/c1-15-13(18)11-7-9(4-5-16-11)19-8-2-3-12(17)10(14)6-8/h5,7-9,14H,2-4,6H2,1H3,(H,15,18). The molecule has 1 saturated carbocycles. The Balaban J connectivity index is 1.95. The zero-order valence-corrected chi connectivity index (χ0v) is 10.8. The molecule has 2 atom stereocenters. The van der Waals surface area contributed by atoms with Crippen molar-refractivity contribution in [1.29, 1.82) is 5.41 Å². The molecule has 0 saturated heterocycles. The van der Waals surface area contributed by atoms with Crippen molar-refractivity contribution in [2.24, 2.45) is 4.99 Å². The number of Topliss-reactive ketones (excluding diaryl/α,β-unsaturated/α-hetero) is 1. The number of likely N-dealkylation sites (N-methyl/N-ethyl adjacent to an activating group) is 1. The van der Waals surface area contributed by atoms with E-state index in [0.717, 1.165) is 0 Å². The van der Waals surface area contributed by atoms with E-state index >= 15 is 0 Å². The number of nitrogens with zero attached hydrogens (tertiary/aromatic N) is 1. The molecule has 1 heterocycles. The molecule has 2 unspecified atom stereocenters. The summed E-state index contributed by atoms with van der Waals surface area (Å²) in [6, 6.07) is 0. The van der Waals surface area contributed by atoms with Crippen LogP contribution in [0.1, 0.15) is 25.7 Å². The molecule has 2 N–H and O–H groups in total. The van der Waals surface area contributed by atoms with Gasteiger partial charge in [-0.25, -0.2) is 0 Å². The van der Waals surface area contributed by atoms with Crippen molar-refractivity contribution in [3.8, 4) is 0 Å². The van der Waals surface area contributed by atoms with Crippen LogP contribution >= 0.6 is 0 Å². The Hall–Kier alpha value is -1.82. The highest BCUT2D eigenvalue weighted by molar-refractivity contribution is 6.39. The Labute approximate surface area is 111 Å². The van der Waals surface area contributed by atoms with Gasteiger partial charge in [-0.2, -0.15) is 0 Å². The molecule has 0 bridgehead atoms. The summed E-state index contributed by atoms with van der Waals surface area (Å²) in [6.07, 6.45) is 5.00. The first-order chi connectivity index (χ1) is 9.10. The third kappa shape index (κ3) is 3.35. The molecule has 1 amide bonds. The number of hydrogen-bond donors (Lipinski definition) is 2. The van der Waals surface area contributed by atoms with Crippen molar-refractivity contribution in [2.45, 2.75) is 37.9 Å². The van der Waals surface area contributed by atoms with Gasteiger partial charge in [-0.3, -0.25) is 14.6 Å². The molecule has 0 radical (unpaired) electrons. The molecule has 0 aromatic heterocycles. The van der Waals surface area contributed by atoms with E-state index in [1.807, 2.05) is 0 Å². The Morgan fingerprint density at radius 3 is 3.05 bits per heavy atom. The van der Waals surface area contributed by atoms with Gasteiger partial charge in [-0.1, -0.05) is 0 Å². The Morgan fingerprint density at radius 2 is 2.37 bits per heavy atom. The first-order valence-corrected chi connectivity index (χ1v) is 6.32. The number of amides is 1. The van der Waals surface area contributed by atoms with Crippen molar-refractivity contribution >= 4 is 23.6 Å². The minimum absolute atomic E-state index is 0.0911. The summed E-state index contributed by atoms with van der Waals surface area (Å²) >= 11 is 0. The maximum absolute atomic E-state index is 11.5. The van der Waals surface area contributed by atoms with Crippen LogP contribution in [0.2, 0.25) is 0 Å². The van der Waals surface area contributed by atoms with E-state index in [2.05, 4.69) is 10.3 Å². The lowest BCUT2D eigenvalue weighted by molar-refractivity contribution is -0.117. The number of hydrogen-bond acceptors (Lipinski definition) is 5. The van der Waals surface area contributed by atoms with Gasteiger partial charge in [-0.05, 0) is 12.5 Å². The predicted octanol–water partition coefficient (Wildman–Crippen LogP) is 0.617. The molecule has 0 aromatic carbocycles. The third-order valence-electron chi connectivity index (χ3n) is 3.20. The number of carbonyl (C=O) groups excluding carboxylic acids is 2. The Kier molecular flexibility index (Phi) is 4.21. The van der Waals surface area contributed by atoms with Crippen molar-refractivity contribution in [2.75, 3.05) is 7.05 Å². The maximum Gasteiger partial charge on any atom is 0.269 e. The van der Waals surface area contributed by atoms with Crippen molar-refractivity contribution in [3.63, 3.8) is 0 Å². The van der Waals surface area contributed by atoms with E-state index < -0.39 is 0 Å². The van der Waals surface area contributed by atoms with Crippen LogP contribution < -0.4 is 5.32 Å². The highest BCUT2D eigenvalue weighted by atomic mass is 16.5. The van der Waals surface area contributed by atoms with Crippen molar-refractivity contribution < 1.29 is 14.3 Å². The van der Waals surface area contributed by atoms with E-state index in [9.17, 15) is 9.59 Å². The van der Waals surface area contributed by atoms with Gasteiger partial charge in [0.1, 0.15) is 5.70 Å². The normalized spacial score (nSPS) is 27.1. The smallest absolute Gasteiger partial charge is 0.269 e. The van der Waals surface area contributed by atoms with Gasteiger partial charge in [0.05, 0.1) is 17.9 Å². The molecule has 19 heavy (non-hydrogen) atoms. The van der Waals surface area contributed by atoms with Crippen LogP contribution in [0.5, 0.6) is 0 Å². The van der Waals surface area contributed by atoms with Crippen LogP contribution in [0.4, 0.5) is 0 Å². The molecule has 0 spiro atoms. The Morgan fingerprint density at radius 1 is 1.58 bits per heavy atom. The quantitative estimate of drug-likeness (QED) is 0.781. The lowest BCUT2D eigenvalue weighted by Crippen LogP contribution is -2.33. The lowest BCUT2D eigenvalue weighted by Gasteiger charge is -2.26. The number of nitrogens with one attached hydrogen (secondary N) is 2. The fraction of sp³-hybridized carbons (Fsp3) is 0.538. The second kappa shape index (κ2) is 5.88. The van der Waals surface area contributed by atoms with E-state index in [0.29, 0.717) is 31.4 Å². The lowest BCUT2D eigenvalue weighted by atomic mass is 9.94. The van der Waals surface area contributed by atoms with Crippen LogP contribution in [-0.4, -0.2) is 42.9 Å². The molecular formula is C13H17N3O3. The van der Waals surface area contributed by atoms with Crippen LogP contribution in [0.15, 0.2) is 16.8 Å². The molecule has 2 aliphatic rings. The van der Waals surface area contributed by atoms with Crippen LogP contribution in [0, 0.1) is 5.41 Å². The van der Waals surface area contributed by atoms with E-state index in [1.54, 1.807) is 19.3 Å². The fourth-order valence-corrected chi connectivity index (χ4v) is 2.15. The minimum atomic E-state index is -0.240. The third-order valence-corrected chi connectivity index (χ3v) is 3.20. The summed E-state index contributed by atoms with van der Waals surface area (Å²) in [5.41, 5.74) is 0.483. The molecule has 0 aromatic rings. The van der Waals surface area contributed by atoms with Crippen LogP contribution in [0.25, 0.3) is 0 Å². The van der Waals surface area contributed by atoms with Gasteiger partial charge in [0.25, 0.3) is 5.91 Å². The van der Waals surface area contributed by atoms with Gasteiger partial charge in [0.15, 0.2) is 5.78 Å². The molecule has 1 fully saturated rings. The number of ketones is 1. The SMILES string of the molecule is CNC(=O)C1=CC(OC2CCC(=O)C(=N)C2)CC=N1. The number of ether oxygens (including phenoxy) is 1. The fourth-order valence-electron chi connectivity index (χ4n) is 2.15. The van der Waals surface area contributed by atoms with Crippen molar-refractivity contribution in [1.82, 2.24) is 5.32 Å². The minimum Gasteiger partial charge on any atom is -0.370 e. The second-order valence-corrected chi connectivity index (χ2v) is 4.62. The summed E-state index contributed by atoms with van der Waals surface area (Å²) in [6.45, 7) is 0. The number of rotatable bonds is 3. The largest absolute Gasteiger partial charge is 0.370 e. The first kappa shape index (κ1) is 13.6. The zero-order chi connectivity index (χ0) is 13.8. The monoisotopic (exact) mass is 263 g/mol. The zero-order valence-electron chi connectivity index (χ0n) is 10.8. The van der Waals surface area contributed by atoms with Crippen LogP contribution in [-0.2, 0) is 14.3 Å². The number of aliphatic imine (C=N–C) groups is 1. The molecule has 1 aliphatic carbocycles.